The van der Waals surface area contributed by atoms with Crippen LogP contribution >= 0.6 is 0 Å². The molecule has 0 aromatic heterocycles. The van der Waals surface area contributed by atoms with E-state index in [0.717, 1.165) is 37.9 Å². The van der Waals surface area contributed by atoms with Crippen molar-refractivity contribution in [1.29, 1.82) is 0 Å². The van der Waals surface area contributed by atoms with E-state index in [1.165, 1.54) is 12.1 Å². The molecule has 3 heteroatoms. The van der Waals surface area contributed by atoms with Crippen molar-refractivity contribution in [2.45, 2.75) is 32.1 Å². The van der Waals surface area contributed by atoms with Crippen molar-refractivity contribution in [3.05, 3.63) is 35.4 Å². The van der Waals surface area contributed by atoms with Gasteiger partial charge in [-0.3, -0.25) is 0 Å². The van der Waals surface area contributed by atoms with Gasteiger partial charge >= 0.3 is 0 Å². The van der Waals surface area contributed by atoms with Gasteiger partial charge in [0.1, 0.15) is 0 Å². The summed E-state index contributed by atoms with van der Waals surface area (Å²) >= 11 is 0. The third kappa shape index (κ3) is 2.83. The minimum Gasteiger partial charge on any atom is -0.316 e. The summed E-state index contributed by atoms with van der Waals surface area (Å²) < 4.78 is 26.2. The number of hydrogen-bond donors (Lipinski definition) is 1. The fourth-order valence-electron chi connectivity index (χ4n) is 2.78. The largest absolute Gasteiger partial charge is 0.316 e. The summed E-state index contributed by atoms with van der Waals surface area (Å²) in [4.78, 5) is 0. The number of halogens is 2. The monoisotopic (exact) mass is 239 g/mol. The van der Waals surface area contributed by atoms with Crippen molar-refractivity contribution in [3.8, 4) is 0 Å². The quantitative estimate of drug-likeness (QED) is 0.851. The Labute approximate surface area is 101 Å². The highest BCUT2D eigenvalue weighted by Crippen LogP contribution is 2.33. The summed E-state index contributed by atoms with van der Waals surface area (Å²) in [5.74, 6) is -0.573. The Morgan fingerprint density at radius 3 is 2.82 bits per heavy atom. The zero-order valence-electron chi connectivity index (χ0n) is 10.2. The highest BCUT2D eigenvalue weighted by Gasteiger charge is 2.26. The second-order valence-corrected chi connectivity index (χ2v) is 4.82. The highest BCUT2D eigenvalue weighted by atomic mass is 19.2. The predicted molar refractivity (Wildman–Crippen MR) is 65.0 cm³/mol. The Hall–Kier alpha value is -0.960. The van der Waals surface area contributed by atoms with Gasteiger partial charge < -0.3 is 5.32 Å². The minimum absolute atomic E-state index is 0.367. The summed E-state index contributed by atoms with van der Waals surface area (Å²) in [6.45, 7) is 4.11. The van der Waals surface area contributed by atoms with Crippen LogP contribution in [0, 0.1) is 17.6 Å². The summed E-state index contributed by atoms with van der Waals surface area (Å²) in [6.07, 6.45) is 3.28. The van der Waals surface area contributed by atoms with Crippen molar-refractivity contribution in [2.75, 3.05) is 13.1 Å². The molecule has 0 aliphatic carbocycles. The molecule has 2 unspecified atom stereocenters. The van der Waals surface area contributed by atoms with Gasteiger partial charge in [-0.15, -0.1) is 0 Å². The van der Waals surface area contributed by atoms with Gasteiger partial charge in [-0.05, 0) is 55.5 Å². The van der Waals surface area contributed by atoms with Crippen molar-refractivity contribution in [1.82, 2.24) is 5.32 Å². The average molecular weight is 239 g/mol. The van der Waals surface area contributed by atoms with Gasteiger partial charge in [-0.1, -0.05) is 19.4 Å². The van der Waals surface area contributed by atoms with Crippen LogP contribution in [0.5, 0.6) is 0 Å². The molecular formula is C14H19F2N. The second-order valence-electron chi connectivity index (χ2n) is 4.82. The fraction of sp³-hybridized carbons (Fsp3) is 0.571. The van der Waals surface area contributed by atoms with E-state index in [1.807, 2.05) is 0 Å². The summed E-state index contributed by atoms with van der Waals surface area (Å²) in [5, 5.41) is 3.38. The molecule has 0 radical (unpaired) electrons. The maximum atomic E-state index is 13.3. The summed E-state index contributed by atoms with van der Waals surface area (Å²) in [6, 6.07) is 4.35. The van der Waals surface area contributed by atoms with Crippen LogP contribution in [0.15, 0.2) is 18.2 Å². The molecule has 2 rings (SSSR count). The Kier molecular flexibility index (Phi) is 4.11. The van der Waals surface area contributed by atoms with E-state index in [4.69, 9.17) is 0 Å². The van der Waals surface area contributed by atoms with Crippen molar-refractivity contribution < 1.29 is 8.78 Å². The van der Waals surface area contributed by atoms with Crippen molar-refractivity contribution >= 4 is 0 Å². The van der Waals surface area contributed by atoms with Crippen molar-refractivity contribution in [2.24, 2.45) is 5.92 Å². The van der Waals surface area contributed by atoms with Crippen LogP contribution in [0.2, 0.25) is 0 Å². The second kappa shape index (κ2) is 5.58. The number of nitrogens with one attached hydrogen (secondary N) is 1. The van der Waals surface area contributed by atoms with Gasteiger partial charge in [0.15, 0.2) is 11.6 Å². The Balaban J connectivity index is 2.20. The lowest BCUT2D eigenvalue weighted by atomic mass is 9.79. The molecule has 17 heavy (non-hydrogen) atoms. The first kappa shape index (κ1) is 12.5. The third-order valence-electron chi connectivity index (χ3n) is 3.64. The lowest BCUT2D eigenvalue weighted by Crippen LogP contribution is -2.35. The maximum absolute atomic E-state index is 13.3. The zero-order chi connectivity index (χ0) is 12.3. The minimum atomic E-state index is -0.755. The van der Waals surface area contributed by atoms with E-state index in [-0.39, 0.29) is 0 Å². The predicted octanol–water partition coefficient (Wildman–Crippen LogP) is 3.46. The van der Waals surface area contributed by atoms with Crippen molar-refractivity contribution in [3.63, 3.8) is 0 Å². The Bertz CT molecular complexity index is 376. The molecular weight excluding hydrogens is 220 g/mol. The molecule has 0 amide bonds. The molecule has 1 heterocycles. The Morgan fingerprint density at radius 1 is 1.29 bits per heavy atom. The molecule has 1 aliphatic rings. The van der Waals surface area contributed by atoms with Gasteiger partial charge in [0, 0.05) is 0 Å². The molecule has 0 spiro atoms. The highest BCUT2D eigenvalue weighted by molar-refractivity contribution is 5.23. The number of hydrogen-bond acceptors (Lipinski definition) is 1. The number of rotatable bonds is 3. The Morgan fingerprint density at radius 2 is 2.12 bits per heavy atom. The van der Waals surface area contributed by atoms with Crippen LogP contribution in [0.25, 0.3) is 0 Å². The number of benzene rings is 1. The van der Waals surface area contributed by atoms with Crippen LogP contribution in [-0.2, 0) is 0 Å². The molecule has 1 fully saturated rings. The first-order valence-electron chi connectivity index (χ1n) is 6.38. The van der Waals surface area contributed by atoms with E-state index < -0.39 is 11.6 Å². The topological polar surface area (TPSA) is 12.0 Å². The molecule has 0 saturated carbocycles. The molecule has 0 bridgehead atoms. The normalized spacial score (nSPS) is 24.9. The smallest absolute Gasteiger partial charge is 0.159 e. The molecule has 1 aliphatic heterocycles. The first-order chi connectivity index (χ1) is 8.22. The zero-order valence-corrected chi connectivity index (χ0v) is 10.2. The van der Waals surface area contributed by atoms with Gasteiger partial charge in [0.25, 0.3) is 0 Å². The van der Waals surface area contributed by atoms with E-state index >= 15 is 0 Å². The third-order valence-corrected chi connectivity index (χ3v) is 3.64. The van der Waals surface area contributed by atoms with E-state index in [1.54, 1.807) is 6.07 Å². The summed E-state index contributed by atoms with van der Waals surface area (Å²) in [5.41, 5.74) is 0.948. The SMILES string of the molecule is CCCC1CNCCC1c1ccc(F)c(F)c1. The van der Waals surface area contributed by atoms with Crippen LogP contribution < -0.4 is 5.32 Å². The fourth-order valence-corrected chi connectivity index (χ4v) is 2.78. The molecule has 2 atom stereocenters. The van der Waals surface area contributed by atoms with Gasteiger partial charge in [-0.2, -0.15) is 0 Å². The van der Waals surface area contributed by atoms with Gasteiger partial charge in [-0.25, -0.2) is 8.78 Å². The van der Waals surface area contributed by atoms with E-state index in [2.05, 4.69) is 12.2 Å². The standard InChI is InChI=1S/C14H19F2N/c1-2-3-11-9-17-7-6-12(11)10-4-5-13(15)14(16)8-10/h4-5,8,11-12,17H,2-3,6-7,9H2,1H3. The van der Waals surface area contributed by atoms with Crippen LogP contribution in [0.4, 0.5) is 8.78 Å². The number of piperidine rings is 1. The average Bonchev–Trinajstić information content (AvgIpc) is 2.34. The van der Waals surface area contributed by atoms with Crippen LogP contribution in [0.3, 0.4) is 0 Å². The van der Waals surface area contributed by atoms with Crippen LogP contribution in [0.1, 0.15) is 37.7 Å². The molecule has 1 N–H and O–H groups in total. The van der Waals surface area contributed by atoms with Gasteiger partial charge in [0.05, 0.1) is 0 Å². The van der Waals surface area contributed by atoms with E-state index in [9.17, 15) is 8.78 Å². The molecule has 1 nitrogen and oxygen atoms in total. The van der Waals surface area contributed by atoms with E-state index in [0.29, 0.717) is 11.8 Å². The first-order valence-corrected chi connectivity index (χ1v) is 6.38. The summed E-state index contributed by atoms with van der Waals surface area (Å²) in [7, 11) is 0. The lowest BCUT2D eigenvalue weighted by Gasteiger charge is -2.32. The lowest BCUT2D eigenvalue weighted by molar-refractivity contribution is 0.305. The van der Waals surface area contributed by atoms with Gasteiger partial charge in [0.2, 0.25) is 0 Å². The molecule has 1 aromatic rings. The molecule has 1 saturated heterocycles. The maximum Gasteiger partial charge on any atom is 0.159 e. The molecule has 94 valence electrons. The van der Waals surface area contributed by atoms with Crippen LogP contribution in [-0.4, -0.2) is 13.1 Å². The molecule has 1 aromatic carbocycles.